The van der Waals surface area contributed by atoms with E-state index in [0.717, 1.165) is 16.7 Å². The molecular weight excluding hydrogens is 421 g/mol. The number of amides is 1. The van der Waals surface area contributed by atoms with E-state index in [1.807, 2.05) is 50.4 Å². The van der Waals surface area contributed by atoms with Gasteiger partial charge in [-0.25, -0.2) is 9.37 Å². The predicted molar refractivity (Wildman–Crippen MR) is 124 cm³/mol. The van der Waals surface area contributed by atoms with E-state index < -0.39 is 6.04 Å². The molecule has 1 amide bonds. The summed E-state index contributed by atoms with van der Waals surface area (Å²) < 4.78 is 14.9. The van der Waals surface area contributed by atoms with Crippen LogP contribution >= 0.6 is 0 Å². The lowest BCUT2D eigenvalue weighted by molar-refractivity contribution is 0.0915. The Morgan fingerprint density at radius 3 is 2.48 bits per heavy atom. The first-order chi connectivity index (χ1) is 15.9. The van der Waals surface area contributed by atoms with Gasteiger partial charge in [-0.1, -0.05) is 30.3 Å². The Labute approximate surface area is 191 Å². The monoisotopic (exact) mass is 445 g/mol. The Hall–Kier alpha value is -4.04. The molecule has 0 spiro atoms. The van der Waals surface area contributed by atoms with Crippen LogP contribution in [0.2, 0.25) is 0 Å². The zero-order chi connectivity index (χ0) is 23.4. The van der Waals surface area contributed by atoms with Crippen molar-refractivity contribution in [3.63, 3.8) is 0 Å². The number of aliphatic hydroxyl groups excluding tert-OH is 1. The molecule has 33 heavy (non-hydrogen) atoms. The van der Waals surface area contributed by atoms with Crippen molar-refractivity contribution in [2.75, 3.05) is 11.9 Å². The van der Waals surface area contributed by atoms with E-state index in [-0.39, 0.29) is 18.3 Å². The summed E-state index contributed by atoms with van der Waals surface area (Å²) in [6.45, 7) is 3.51. The minimum Gasteiger partial charge on any atom is -0.394 e. The van der Waals surface area contributed by atoms with Crippen LogP contribution in [0.4, 0.5) is 16.0 Å². The Bertz CT molecular complexity index is 1260. The van der Waals surface area contributed by atoms with Crippen molar-refractivity contribution in [1.82, 2.24) is 19.9 Å². The summed E-state index contributed by atoms with van der Waals surface area (Å²) in [5, 5.41) is 15.7. The van der Waals surface area contributed by atoms with E-state index in [1.165, 1.54) is 12.1 Å². The first-order valence-corrected chi connectivity index (χ1v) is 10.5. The lowest BCUT2D eigenvalue weighted by Gasteiger charge is -2.16. The Balaban J connectivity index is 1.57. The van der Waals surface area contributed by atoms with E-state index in [0.29, 0.717) is 23.0 Å². The number of carbonyl (C=O) groups excluding carboxylic acids is 1. The van der Waals surface area contributed by atoms with E-state index in [1.54, 1.807) is 29.1 Å². The number of nitrogens with zero attached hydrogens (tertiary/aromatic N) is 3. The zero-order valence-corrected chi connectivity index (χ0v) is 18.3. The number of hydrogen-bond acceptors (Lipinski definition) is 5. The lowest BCUT2D eigenvalue weighted by atomic mass is 10.1. The van der Waals surface area contributed by atoms with Crippen LogP contribution in [-0.2, 0) is 0 Å². The fourth-order valence-electron chi connectivity index (χ4n) is 3.49. The van der Waals surface area contributed by atoms with Crippen molar-refractivity contribution in [2.24, 2.45) is 0 Å². The number of nitrogens with one attached hydrogen (secondary N) is 2. The summed E-state index contributed by atoms with van der Waals surface area (Å²) in [7, 11) is 0. The summed E-state index contributed by atoms with van der Waals surface area (Å²) in [6, 6.07) is 14.7. The van der Waals surface area contributed by atoms with Gasteiger partial charge in [-0.05, 0) is 49.2 Å². The normalized spacial score (nSPS) is 11.8. The van der Waals surface area contributed by atoms with Gasteiger partial charge in [0.1, 0.15) is 11.6 Å². The van der Waals surface area contributed by atoms with Crippen molar-refractivity contribution in [3.05, 3.63) is 101 Å². The highest BCUT2D eigenvalue weighted by atomic mass is 19.1. The number of halogens is 1. The molecule has 1 atom stereocenters. The highest BCUT2D eigenvalue weighted by Gasteiger charge is 2.19. The Morgan fingerprint density at radius 2 is 1.79 bits per heavy atom. The van der Waals surface area contributed by atoms with Gasteiger partial charge in [0.05, 0.1) is 18.2 Å². The van der Waals surface area contributed by atoms with E-state index in [9.17, 15) is 14.3 Å². The zero-order valence-electron chi connectivity index (χ0n) is 18.3. The van der Waals surface area contributed by atoms with Crippen molar-refractivity contribution in [2.45, 2.75) is 19.9 Å². The summed E-state index contributed by atoms with van der Waals surface area (Å²) >= 11 is 0. The largest absolute Gasteiger partial charge is 0.394 e. The molecule has 7 nitrogen and oxygen atoms in total. The molecule has 0 aliphatic rings. The van der Waals surface area contributed by atoms with Gasteiger partial charge in [-0.2, -0.15) is 4.98 Å². The molecule has 2 aromatic carbocycles. The molecule has 0 radical (unpaired) electrons. The molecule has 4 aromatic rings. The van der Waals surface area contributed by atoms with Crippen LogP contribution in [0.25, 0.3) is 5.82 Å². The third-order valence-corrected chi connectivity index (χ3v) is 5.25. The van der Waals surface area contributed by atoms with Gasteiger partial charge in [0.15, 0.2) is 0 Å². The van der Waals surface area contributed by atoms with Gasteiger partial charge < -0.3 is 20.3 Å². The van der Waals surface area contributed by atoms with E-state index in [4.69, 9.17) is 0 Å². The number of anilines is 2. The van der Waals surface area contributed by atoms with E-state index >= 15 is 0 Å². The maximum Gasteiger partial charge on any atom is 0.253 e. The quantitative estimate of drug-likeness (QED) is 0.396. The first-order valence-electron chi connectivity index (χ1n) is 10.5. The smallest absolute Gasteiger partial charge is 0.253 e. The molecule has 4 rings (SSSR count). The lowest BCUT2D eigenvalue weighted by Crippen LogP contribution is -2.30. The number of rotatable bonds is 7. The number of aliphatic hydroxyl groups is 1. The molecule has 168 valence electrons. The van der Waals surface area contributed by atoms with Crippen molar-refractivity contribution in [3.8, 4) is 5.82 Å². The van der Waals surface area contributed by atoms with Gasteiger partial charge in [0.25, 0.3) is 5.91 Å². The Kier molecular flexibility index (Phi) is 6.46. The van der Waals surface area contributed by atoms with Crippen LogP contribution in [0.5, 0.6) is 0 Å². The molecular formula is C25H24FN5O2. The molecule has 0 bridgehead atoms. The highest BCUT2D eigenvalue weighted by Crippen LogP contribution is 2.21. The van der Waals surface area contributed by atoms with Crippen molar-refractivity contribution < 1.29 is 14.3 Å². The third-order valence-electron chi connectivity index (χ3n) is 5.25. The minimum absolute atomic E-state index is 0.209. The SMILES string of the molecule is Cc1cn(-c2nc(Nc3ccc(F)cc3)ncc2C)cc1C(=O)NC(CO)c1ccccc1. The van der Waals surface area contributed by atoms with Gasteiger partial charge in [-0.3, -0.25) is 4.79 Å². The van der Waals surface area contributed by atoms with Crippen LogP contribution in [0.3, 0.4) is 0 Å². The van der Waals surface area contributed by atoms with Crippen LogP contribution in [0.1, 0.15) is 33.1 Å². The molecule has 8 heteroatoms. The molecule has 0 saturated carbocycles. The maximum atomic E-state index is 13.2. The molecule has 0 saturated heterocycles. The fourth-order valence-corrected chi connectivity index (χ4v) is 3.49. The molecule has 1 unspecified atom stereocenters. The molecule has 0 fully saturated rings. The van der Waals surface area contributed by atoms with Gasteiger partial charge in [0, 0.05) is 29.8 Å². The van der Waals surface area contributed by atoms with Gasteiger partial charge in [0.2, 0.25) is 5.95 Å². The average molecular weight is 445 g/mol. The van der Waals surface area contributed by atoms with Crippen LogP contribution < -0.4 is 10.6 Å². The van der Waals surface area contributed by atoms with Crippen LogP contribution in [0, 0.1) is 19.7 Å². The minimum atomic E-state index is -0.506. The molecule has 2 heterocycles. The number of carbonyl (C=O) groups is 1. The van der Waals surface area contributed by atoms with Crippen molar-refractivity contribution >= 4 is 17.5 Å². The summed E-state index contributed by atoms with van der Waals surface area (Å²) in [5.41, 5.74) is 3.55. The van der Waals surface area contributed by atoms with Crippen LogP contribution in [0.15, 0.2) is 73.2 Å². The second-order valence-corrected chi connectivity index (χ2v) is 7.71. The summed E-state index contributed by atoms with van der Waals surface area (Å²) in [5.74, 6) is 0.350. The van der Waals surface area contributed by atoms with Crippen molar-refractivity contribution in [1.29, 1.82) is 0 Å². The number of aromatic nitrogens is 3. The van der Waals surface area contributed by atoms with Gasteiger partial charge in [-0.15, -0.1) is 0 Å². The fraction of sp³-hybridized carbons (Fsp3) is 0.160. The molecule has 2 aromatic heterocycles. The number of benzene rings is 2. The first kappa shape index (κ1) is 22.2. The molecule has 0 aliphatic carbocycles. The summed E-state index contributed by atoms with van der Waals surface area (Å²) in [6.07, 6.45) is 5.21. The molecule has 0 aliphatic heterocycles. The maximum absolute atomic E-state index is 13.2. The van der Waals surface area contributed by atoms with Gasteiger partial charge >= 0.3 is 0 Å². The number of hydrogen-bond donors (Lipinski definition) is 3. The topological polar surface area (TPSA) is 92.1 Å². The van der Waals surface area contributed by atoms with E-state index in [2.05, 4.69) is 20.6 Å². The number of aryl methyl sites for hydroxylation is 2. The Morgan fingerprint density at radius 1 is 1.06 bits per heavy atom. The predicted octanol–water partition coefficient (Wildman–Crippen LogP) is 4.23. The highest BCUT2D eigenvalue weighted by molar-refractivity contribution is 5.96. The standard InChI is InChI=1S/C25H24FN5O2/c1-16-12-27-25(28-20-10-8-19(26)9-11-20)30-23(16)31-13-17(2)21(14-31)24(33)29-22(15-32)18-6-4-3-5-7-18/h3-14,22,32H,15H2,1-2H3,(H,29,33)(H,27,28,30). The molecule has 3 N–H and O–H groups in total. The van der Waals surface area contributed by atoms with Crippen LogP contribution in [-0.4, -0.2) is 32.2 Å². The third kappa shape index (κ3) is 5.07. The summed E-state index contributed by atoms with van der Waals surface area (Å²) in [4.78, 5) is 21.8. The second kappa shape index (κ2) is 9.62. The second-order valence-electron chi connectivity index (χ2n) is 7.71. The average Bonchev–Trinajstić information content (AvgIpc) is 3.22.